The molecule has 2 heteroatoms. The van der Waals surface area contributed by atoms with Crippen molar-refractivity contribution < 1.29 is 9.53 Å². The summed E-state index contributed by atoms with van der Waals surface area (Å²) in [6.45, 7) is 6.36. The monoisotopic (exact) mass is 184 g/mol. The molecule has 0 aliphatic carbocycles. The Morgan fingerprint density at radius 1 is 1.46 bits per heavy atom. The van der Waals surface area contributed by atoms with Crippen LogP contribution >= 0.6 is 0 Å². The molecule has 76 valence electrons. The second-order valence-corrected chi connectivity index (χ2v) is 3.03. The summed E-state index contributed by atoms with van der Waals surface area (Å²) in [6.07, 6.45) is 6.94. The lowest BCUT2D eigenvalue weighted by atomic mass is 10.0. The number of hydrogen-bond acceptors (Lipinski definition) is 2. The molecule has 0 rings (SSSR count). The SMILES string of the molecule is C/C=C/C(CCCC)C(=O)OCC. The van der Waals surface area contributed by atoms with E-state index in [1.54, 1.807) is 0 Å². The van der Waals surface area contributed by atoms with E-state index >= 15 is 0 Å². The third kappa shape index (κ3) is 5.45. The number of rotatable bonds is 6. The fourth-order valence-electron chi connectivity index (χ4n) is 1.20. The van der Waals surface area contributed by atoms with Crippen LogP contribution in [0.15, 0.2) is 12.2 Å². The number of unbranched alkanes of at least 4 members (excludes halogenated alkanes) is 1. The van der Waals surface area contributed by atoms with Gasteiger partial charge in [0.2, 0.25) is 0 Å². The van der Waals surface area contributed by atoms with Gasteiger partial charge in [0.05, 0.1) is 12.5 Å². The van der Waals surface area contributed by atoms with Gasteiger partial charge in [0, 0.05) is 0 Å². The lowest BCUT2D eigenvalue weighted by Gasteiger charge is -2.10. The Morgan fingerprint density at radius 2 is 2.15 bits per heavy atom. The van der Waals surface area contributed by atoms with Gasteiger partial charge in [-0.15, -0.1) is 0 Å². The number of carbonyl (C=O) groups is 1. The van der Waals surface area contributed by atoms with Gasteiger partial charge < -0.3 is 4.74 Å². The van der Waals surface area contributed by atoms with Crippen molar-refractivity contribution in [3.05, 3.63) is 12.2 Å². The van der Waals surface area contributed by atoms with Gasteiger partial charge in [0.1, 0.15) is 0 Å². The second-order valence-electron chi connectivity index (χ2n) is 3.03. The standard InChI is InChI=1S/C11H20O2/c1-4-7-9-10(8-5-2)11(12)13-6-3/h5,8,10H,4,6-7,9H2,1-3H3/b8-5+. The Hall–Kier alpha value is -0.790. The zero-order valence-electron chi connectivity index (χ0n) is 8.88. The summed E-state index contributed by atoms with van der Waals surface area (Å²) in [5.41, 5.74) is 0. The van der Waals surface area contributed by atoms with Gasteiger partial charge in [-0.25, -0.2) is 0 Å². The fraction of sp³-hybridized carbons (Fsp3) is 0.727. The molecule has 0 heterocycles. The number of allylic oxidation sites excluding steroid dienone is 1. The van der Waals surface area contributed by atoms with E-state index in [1.165, 1.54) is 0 Å². The molecule has 0 saturated carbocycles. The molecular weight excluding hydrogens is 164 g/mol. The Labute approximate surface area is 81.0 Å². The lowest BCUT2D eigenvalue weighted by Crippen LogP contribution is -2.15. The smallest absolute Gasteiger partial charge is 0.312 e. The van der Waals surface area contributed by atoms with E-state index in [2.05, 4.69) is 6.92 Å². The minimum Gasteiger partial charge on any atom is -0.466 e. The minimum absolute atomic E-state index is 0.0371. The molecule has 1 unspecified atom stereocenters. The quantitative estimate of drug-likeness (QED) is 0.468. The summed E-state index contributed by atoms with van der Waals surface area (Å²) >= 11 is 0. The van der Waals surface area contributed by atoms with Crippen LogP contribution in [0.3, 0.4) is 0 Å². The zero-order valence-corrected chi connectivity index (χ0v) is 8.88. The van der Waals surface area contributed by atoms with E-state index in [0.29, 0.717) is 6.61 Å². The molecule has 0 amide bonds. The largest absolute Gasteiger partial charge is 0.466 e. The number of hydrogen-bond donors (Lipinski definition) is 0. The minimum atomic E-state index is -0.0888. The van der Waals surface area contributed by atoms with E-state index in [4.69, 9.17) is 4.74 Å². The summed E-state index contributed by atoms with van der Waals surface area (Å²) in [5, 5.41) is 0. The first kappa shape index (κ1) is 12.2. The van der Waals surface area contributed by atoms with Gasteiger partial charge in [-0.05, 0) is 20.3 Å². The predicted molar refractivity (Wildman–Crippen MR) is 54.5 cm³/mol. The second kappa shape index (κ2) is 7.84. The predicted octanol–water partition coefficient (Wildman–Crippen LogP) is 2.93. The number of carbonyl (C=O) groups excluding carboxylic acids is 1. The molecule has 2 nitrogen and oxygen atoms in total. The van der Waals surface area contributed by atoms with Crippen molar-refractivity contribution in [2.45, 2.75) is 40.0 Å². The molecule has 0 fully saturated rings. The average molecular weight is 184 g/mol. The molecule has 0 bridgehead atoms. The molecule has 0 aromatic rings. The molecule has 0 aromatic heterocycles. The van der Waals surface area contributed by atoms with E-state index in [9.17, 15) is 4.79 Å². The Balaban J connectivity index is 3.98. The maximum Gasteiger partial charge on any atom is 0.312 e. The Morgan fingerprint density at radius 3 is 2.62 bits per heavy atom. The Kier molecular flexibility index (Phi) is 7.36. The van der Waals surface area contributed by atoms with Crippen LogP contribution in [0.1, 0.15) is 40.0 Å². The van der Waals surface area contributed by atoms with Crippen molar-refractivity contribution in [1.82, 2.24) is 0 Å². The normalized spacial score (nSPS) is 13.2. The highest BCUT2D eigenvalue weighted by Gasteiger charge is 2.14. The maximum atomic E-state index is 11.4. The first-order valence-electron chi connectivity index (χ1n) is 5.05. The fourth-order valence-corrected chi connectivity index (χ4v) is 1.20. The molecule has 0 N–H and O–H groups in total. The highest BCUT2D eigenvalue weighted by Crippen LogP contribution is 2.12. The van der Waals surface area contributed by atoms with Crippen molar-refractivity contribution in [2.75, 3.05) is 6.61 Å². The van der Waals surface area contributed by atoms with Crippen molar-refractivity contribution in [3.63, 3.8) is 0 Å². The molecule has 0 spiro atoms. The first-order valence-corrected chi connectivity index (χ1v) is 5.05. The van der Waals surface area contributed by atoms with Gasteiger partial charge in [-0.3, -0.25) is 4.79 Å². The summed E-state index contributed by atoms with van der Waals surface area (Å²) in [4.78, 5) is 11.4. The van der Waals surface area contributed by atoms with E-state index in [-0.39, 0.29) is 11.9 Å². The van der Waals surface area contributed by atoms with Crippen LogP contribution in [0.5, 0.6) is 0 Å². The molecule has 0 saturated heterocycles. The lowest BCUT2D eigenvalue weighted by molar-refractivity contribution is -0.146. The van der Waals surface area contributed by atoms with E-state index < -0.39 is 0 Å². The summed E-state index contributed by atoms with van der Waals surface area (Å²) in [7, 11) is 0. The van der Waals surface area contributed by atoms with Crippen LogP contribution in [0.4, 0.5) is 0 Å². The zero-order chi connectivity index (χ0) is 10.1. The van der Waals surface area contributed by atoms with Gasteiger partial charge >= 0.3 is 5.97 Å². The summed E-state index contributed by atoms with van der Waals surface area (Å²) in [5.74, 6) is -0.126. The van der Waals surface area contributed by atoms with Gasteiger partial charge in [0.15, 0.2) is 0 Å². The molecular formula is C11H20O2. The Bertz CT molecular complexity index is 161. The van der Waals surface area contributed by atoms with Gasteiger partial charge in [-0.1, -0.05) is 31.9 Å². The highest BCUT2D eigenvalue weighted by molar-refractivity contribution is 5.74. The highest BCUT2D eigenvalue weighted by atomic mass is 16.5. The third-order valence-corrected chi connectivity index (χ3v) is 1.88. The van der Waals surface area contributed by atoms with Crippen LogP contribution in [-0.4, -0.2) is 12.6 Å². The molecule has 0 aromatic carbocycles. The summed E-state index contributed by atoms with van der Waals surface area (Å²) in [6, 6.07) is 0. The van der Waals surface area contributed by atoms with Crippen LogP contribution in [0, 0.1) is 5.92 Å². The van der Waals surface area contributed by atoms with Crippen molar-refractivity contribution in [2.24, 2.45) is 5.92 Å². The molecule has 13 heavy (non-hydrogen) atoms. The maximum absolute atomic E-state index is 11.4. The van der Waals surface area contributed by atoms with Crippen molar-refractivity contribution >= 4 is 5.97 Å². The van der Waals surface area contributed by atoms with Crippen molar-refractivity contribution in [1.29, 1.82) is 0 Å². The topological polar surface area (TPSA) is 26.3 Å². The van der Waals surface area contributed by atoms with Crippen LogP contribution in [-0.2, 0) is 9.53 Å². The van der Waals surface area contributed by atoms with Crippen LogP contribution in [0.2, 0.25) is 0 Å². The first-order chi connectivity index (χ1) is 6.26. The van der Waals surface area contributed by atoms with Gasteiger partial charge in [-0.2, -0.15) is 0 Å². The van der Waals surface area contributed by atoms with E-state index in [1.807, 2.05) is 26.0 Å². The number of esters is 1. The number of ether oxygens (including phenoxy) is 1. The molecule has 0 aliphatic heterocycles. The van der Waals surface area contributed by atoms with Gasteiger partial charge in [0.25, 0.3) is 0 Å². The van der Waals surface area contributed by atoms with Crippen LogP contribution < -0.4 is 0 Å². The third-order valence-electron chi connectivity index (χ3n) is 1.88. The summed E-state index contributed by atoms with van der Waals surface area (Å²) < 4.78 is 4.96. The molecule has 0 aliphatic rings. The average Bonchev–Trinajstić information content (AvgIpc) is 2.12. The van der Waals surface area contributed by atoms with E-state index in [0.717, 1.165) is 19.3 Å². The molecule has 0 radical (unpaired) electrons. The van der Waals surface area contributed by atoms with Crippen LogP contribution in [0.25, 0.3) is 0 Å². The van der Waals surface area contributed by atoms with Crippen molar-refractivity contribution in [3.8, 4) is 0 Å². The molecule has 1 atom stereocenters.